The smallest absolute Gasteiger partial charge is 0.471 e. The van der Waals surface area contributed by atoms with Crippen LogP contribution >= 0.6 is 7.60 Å². The Hall–Kier alpha value is -2.47. The van der Waals surface area contributed by atoms with E-state index in [-0.39, 0.29) is 18.8 Å². The van der Waals surface area contributed by atoms with Crippen molar-refractivity contribution in [2.45, 2.75) is 30.2 Å². The first-order valence-corrected chi connectivity index (χ1v) is 11.2. The van der Waals surface area contributed by atoms with Gasteiger partial charge in [-0.15, -0.1) is 0 Å². The zero-order chi connectivity index (χ0) is 24.6. The second-order valence-corrected chi connectivity index (χ2v) is 9.02. The van der Waals surface area contributed by atoms with Crippen LogP contribution in [-0.2, 0) is 28.1 Å². The van der Waals surface area contributed by atoms with Crippen LogP contribution in [-0.4, -0.2) is 73.0 Å². The van der Waals surface area contributed by atoms with Crippen LogP contribution in [0.5, 0.6) is 0 Å². The van der Waals surface area contributed by atoms with Gasteiger partial charge in [-0.05, 0) is 0 Å². The SMILES string of the molecule is COC[C@@]12CO[C@H](C1OP(C)(=O)[O-])[C@H](n1cc(C#CCNC(=O)C(F)(F)F)c(=O)[nH]c1=O)O2. The molecule has 2 unspecified atom stereocenters. The number of carbonyl (C=O) groups is 1. The summed E-state index contributed by atoms with van der Waals surface area (Å²) in [6.45, 7) is -0.0763. The van der Waals surface area contributed by atoms with Crippen LogP contribution in [0.2, 0.25) is 0 Å². The normalized spacial score (nSPS) is 28.1. The second kappa shape index (κ2) is 9.05. The van der Waals surface area contributed by atoms with Crippen molar-refractivity contribution in [2.75, 3.05) is 33.5 Å². The molecule has 0 aromatic carbocycles. The molecule has 1 amide bonds. The third-order valence-corrected chi connectivity index (χ3v) is 5.34. The first kappa shape index (κ1) is 25.2. The molecule has 3 heterocycles. The average molecular weight is 496 g/mol. The number of hydrogen-bond acceptors (Lipinski definition) is 9. The molecule has 2 aliphatic rings. The Kier molecular flexibility index (Phi) is 6.90. The maximum Gasteiger partial charge on any atom is 0.471 e. The van der Waals surface area contributed by atoms with Gasteiger partial charge in [-0.25, -0.2) is 4.79 Å². The van der Waals surface area contributed by atoms with Crippen LogP contribution in [0, 0.1) is 11.8 Å². The minimum atomic E-state index is -5.09. The van der Waals surface area contributed by atoms with Crippen molar-refractivity contribution in [3.63, 3.8) is 0 Å². The summed E-state index contributed by atoms with van der Waals surface area (Å²) < 4.78 is 70.9. The predicted octanol–water partition coefficient (Wildman–Crippen LogP) is -1.55. The quantitative estimate of drug-likeness (QED) is 0.351. The van der Waals surface area contributed by atoms with E-state index in [1.165, 1.54) is 12.4 Å². The fourth-order valence-corrected chi connectivity index (χ4v) is 4.18. The number of aromatic nitrogens is 2. The first-order chi connectivity index (χ1) is 15.3. The standard InChI is InChI=1S/C17H19F3N3O9P/c1-29-7-16-8-30-10(11(16)32-33(2,27)28)13(31-16)23-6-9(12(24)22-15(23)26)4-3-5-21-14(25)17(18,19)20/h6,10-11,13H,5,7-8H2,1-2H3,(H,21,25)(H,27,28)(H,22,24,26)/p-1/t10-,11?,13-,16-/m1/s1. The molecule has 2 aliphatic heterocycles. The van der Waals surface area contributed by atoms with E-state index in [2.05, 4.69) is 11.8 Å². The summed E-state index contributed by atoms with van der Waals surface area (Å²) >= 11 is 0. The number of amides is 1. The number of hydrogen-bond donors (Lipinski definition) is 2. The van der Waals surface area contributed by atoms with Crippen LogP contribution in [0.3, 0.4) is 0 Å². The van der Waals surface area contributed by atoms with Gasteiger partial charge in [0.05, 0.1) is 19.8 Å². The molecule has 0 saturated carbocycles. The van der Waals surface area contributed by atoms with Crippen LogP contribution in [0.25, 0.3) is 0 Å². The van der Waals surface area contributed by atoms with E-state index < -0.39 is 61.5 Å². The van der Waals surface area contributed by atoms with Gasteiger partial charge in [0.2, 0.25) is 0 Å². The Morgan fingerprint density at radius 2 is 2.18 bits per heavy atom. The van der Waals surface area contributed by atoms with Gasteiger partial charge in [0, 0.05) is 20.0 Å². The molecule has 16 heteroatoms. The zero-order valence-corrected chi connectivity index (χ0v) is 18.0. The summed E-state index contributed by atoms with van der Waals surface area (Å²) in [6, 6.07) is 0. The number of nitrogens with zero attached hydrogens (tertiary/aromatic N) is 1. The van der Waals surface area contributed by atoms with Gasteiger partial charge in [-0.3, -0.25) is 19.1 Å². The highest BCUT2D eigenvalue weighted by Gasteiger charge is 2.64. The summed E-state index contributed by atoms with van der Waals surface area (Å²) in [5, 5.41) is 1.51. The van der Waals surface area contributed by atoms with Gasteiger partial charge in [-0.1, -0.05) is 11.8 Å². The summed E-state index contributed by atoms with van der Waals surface area (Å²) in [7, 11) is -2.91. The molecule has 0 radical (unpaired) electrons. The Labute approximate surface area is 183 Å². The lowest BCUT2D eigenvalue weighted by Crippen LogP contribution is -2.46. The number of carbonyl (C=O) groups excluding carboxylic acids is 1. The topological polar surface area (TPSA) is 161 Å². The molecule has 2 bridgehead atoms. The summed E-state index contributed by atoms with van der Waals surface area (Å²) in [4.78, 5) is 48.9. The molecule has 1 aromatic heterocycles. The highest BCUT2D eigenvalue weighted by molar-refractivity contribution is 7.50. The van der Waals surface area contributed by atoms with Crippen molar-refractivity contribution in [1.29, 1.82) is 0 Å². The second-order valence-electron chi connectivity index (χ2n) is 7.27. The van der Waals surface area contributed by atoms with Crippen molar-refractivity contribution in [3.05, 3.63) is 32.6 Å². The fourth-order valence-electron chi connectivity index (χ4n) is 3.45. The molecule has 182 valence electrons. The van der Waals surface area contributed by atoms with E-state index in [0.717, 1.165) is 17.4 Å². The number of H-pyrrole nitrogens is 1. The maximum absolute atomic E-state index is 12.4. The highest BCUT2D eigenvalue weighted by Crippen LogP contribution is 2.51. The molecule has 2 fully saturated rings. The monoisotopic (exact) mass is 496 g/mol. The van der Waals surface area contributed by atoms with Crippen LogP contribution in [0.1, 0.15) is 11.8 Å². The lowest BCUT2D eigenvalue weighted by molar-refractivity contribution is -0.208. The van der Waals surface area contributed by atoms with E-state index in [4.69, 9.17) is 18.7 Å². The number of alkyl halides is 3. The van der Waals surface area contributed by atoms with Crippen molar-refractivity contribution in [1.82, 2.24) is 14.9 Å². The van der Waals surface area contributed by atoms with E-state index in [1.807, 2.05) is 4.98 Å². The molecule has 2 N–H and O–H groups in total. The van der Waals surface area contributed by atoms with Gasteiger partial charge in [0.25, 0.3) is 5.56 Å². The lowest BCUT2D eigenvalue weighted by atomic mass is 10.0. The van der Waals surface area contributed by atoms with E-state index >= 15 is 0 Å². The molecule has 5 atom stereocenters. The largest absolute Gasteiger partial charge is 0.779 e. The van der Waals surface area contributed by atoms with Crippen molar-refractivity contribution in [3.8, 4) is 11.8 Å². The van der Waals surface area contributed by atoms with Gasteiger partial charge < -0.3 is 33.5 Å². The molecule has 0 spiro atoms. The fraction of sp³-hybridized carbons (Fsp3) is 0.588. The minimum absolute atomic E-state index is 0.0870. The minimum Gasteiger partial charge on any atom is -0.779 e. The zero-order valence-electron chi connectivity index (χ0n) is 17.1. The molecular weight excluding hydrogens is 478 g/mol. The number of halogens is 3. The Balaban J connectivity index is 1.88. The molecule has 3 rings (SSSR count). The van der Waals surface area contributed by atoms with E-state index in [9.17, 15) is 37.0 Å². The number of methoxy groups -OCH3 is 1. The third kappa shape index (κ3) is 5.37. The molecule has 1 aromatic rings. The van der Waals surface area contributed by atoms with Gasteiger partial charge >= 0.3 is 17.8 Å². The number of aromatic amines is 1. The number of nitrogens with one attached hydrogen (secondary N) is 2. The van der Waals surface area contributed by atoms with E-state index in [0.29, 0.717) is 0 Å². The maximum atomic E-state index is 12.4. The summed E-state index contributed by atoms with van der Waals surface area (Å²) in [6.07, 6.45) is -7.57. The molecule has 12 nitrogen and oxygen atoms in total. The molecular formula is C17H18F3N3O9P-. The summed E-state index contributed by atoms with van der Waals surface area (Å²) in [5.74, 6) is 2.22. The van der Waals surface area contributed by atoms with Gasteiger partial charge in [-0.2, -0.15) is 13.2 Å². The van der Waals surface area contributed by atoms with Crippen LogP contribution in [0.4, 0.5) is 13.2 Å². The predicted molar refractivity (Wildman–Crippen MR) is 100 cm³/mol. The Morgan fingerprint density at radius 3 is 2.79 bits per heavy atom. The van der Waals surface area contributed by atoms with Gasteiger partial charge in [0.15, 0.2) is 6.23 Å². The summed E-state index contributed by atoms with van der Waals surface area (Å²) in [5.41, 5.74) is -3.56. The van der Waals surface area contributed by atoms with Gasteiger partial charge in [0.1, 0.15) is 31.0 Å². The van der Waals surface area contributed by atoms with E-state index in [1.54, 1.807) is 0 Å². The van der Waals surface area contributed by atoms with Crippen molar-refractivity contribution in [2.24, 2.45) is 0 Å². The number of ether oxygens (including phenoxy) is 3. The average Bonchev–Trinajstić information content (AvgIpc) is 3.15. The Morgan fingerprint density at radius 1 is 1.48 bits per heavy atom. The lowest BCUT2D eigenvalue weighted by Gasteiger charge is -2.32. The third-order valence-electron chi connectivity index (χ3n) is 4.73. The first-order valence-electron chi connectivity index (χ1n) is 9.22. The molecule has 2 saturated heterocycles. The Bertz CT molecular complexity index is 1150. The van der Waals surface area contributed by atoms with Crippen molar-refractivity contribution < 1.29 is 46.2 Å². The molecule has 33 heavy (non-hydrogen) atoms. The van der Waals surface area contributed by atoms with Crippen LogP contribution < -0.4 is 21.5 Å². The van der Waals surface area contributed by atoms with Crippen LogP contribution in [0.15, 0.2) is 15.8 Å². The van der Waals surface area contributed by atoms with Crippen molar-refractivity contribution >= 4 is 13.5 Å². The number of rotatable bonds is 6. The molecule has 0 aliphatic carbocycles. The highest BCUT2D eigenvalue weighted by atomic mass is 31.2. The number of fused-ring (bicyclic) bond motifs is 2.